The van der Waals surface area contributed by atoms with E-state index in [1.165, 1.54) is 11.3 Å². The van der Waals surface area contributed by atoms with Gasteiger partial charge < -0.3 is 19.3 Å². The van der Waals surface area contributed by atoms with Crippen LogP contribution in [0, 0.1) is 0 Å². The van der Waals surface area contributed by atoms with E-state index in [1.54, 1.807) is 37.2 Å². The Kier molecular flexibility index (Phi) is 8.32. The zero-order chi connectivity index (χ0) is 23.8. The second-order valence-electron chi connectivity index (χ2n) is 7.37. The number of aromatic hydroxyl groups is 1. The number of phenolic OH excluding ortho intramolecular Hbond substituents is 1. The van der Waals surface area contributed by atoms with Crippen molar-refractivity contribution in [2.45, 2.75) is 20.3 Å². The minimum Gasteiger partial charge on any atom is -0.507 e. The van der Waals surface area contributed by atoms with Crippen LogP contribution in [0.2, 0.25) is 0 Å². The quantitative estimate of drug-likeness (QED) is 0.333. The average Bonchev–Trinajstić information content (AvgIpc) is 3.22. The predicted octanol–water partition coefficient (Wildman–Crippen LogP) is 5.09. The number of benzene rings is 2. The Labute approximate surface area is 197 Å². The van der Waals surface area contributed by atoms with Gasteiger partial charge in [-0.05, 0) is 43.7 Å². The molecule has 0 atom stereocenters. The molecule has 0 bridgehead atoms. The molecule has 0 radical (unpaired) electrons. The Bertz CT molecular complexity index is 1210. The van der Waals surface area contributed by atoms with Crippen molar-refractivity contribution < 1.29 is 19.3 Å². The molecule has 0 aliphatic rings. The predicted molar refractivity (Wildman–Crippen MR) is 133 cm³/mol. The Morgan fingerprint density at radius 1 is 1.15 bits per heavy atom. The summed E-state index contributed by atoms with van der Waals surface area (Å²) in [5, 5.41) is 17.1. The highest BCUT2D eigenvalue weighted by Gasteiger charge is 2.14. The van der Waals surface area contributed by atoms with Gasteiger partial charge in [-0.3, -0.25) is 4.99 Å². The number of nitrogens with zero attached hydrogens (tertiary/aromatic N) is 3. The lowest BCUT2D eigenvalue weighted by Gasteiger charge is -2.11. The molecule has 8 heteroatoms. The lowest BCUT2D eigenvalue weighted by Crippen LogP contribution is -2.13. The number of rotatable bonds is 10. The molecule has 2 aromatic carbocycles. The van der Waals surface area contributed by atoms with E-state index in [1.807, 2.05) is 43.5 Å². The van der Waals surface area contributed by atoms with Crippen LogP contribution in [0.5, 0.6) is 23.0 Å². The van der Waals surface area contributed by atoms with E-state index in [2.05, 4.69) is 16.7 Å². The summed E-state index contributed by atoms with van der Waals surface area (Å²) in [6.07, 6.45) is 2.49. The lowest BCUT2D eigenvalue weighted by molar-refractivity contribution is 0.315. The number of aromatic nitrogens is 1. The zero-order valence-electron chi connectivity index (χ0n) is 19.4. The first-order valence-corrected chi connectivity index (χ1v) is 11.4. The molecule has 0 unspecified atom stereocenters. The van der Waals surface area contributed by atoms with Gasteiger partial charge in [0.25, 0.3) is 0 Å². The molecule has 3 rings (SSSR count). The summed E-state index contributed by atoms with van der Waals surface area (Å²) in [4.78, 5) is 5.34. The molecule has 0 spiro atoms. The second-order valence-corrected chi connectivity index (χ2v) is 8.21. The number of methoxy groups -OCH3 is 2. The Morgan fingerprint density at radius 3 is 2.61 bits per heavy atom. The van der Waals surface area contributed by atoms with Crippen molar-refractivity contribution in [1.82, 2.24) is 4.68 Å². The smallest absolute Gasteiger partial charge is 0.206 e. The standard InChI is InChI=1S/C25H29N3O4S/c1-6-11-32-20-8-7-18(23(29)13-20)15-27-28-22(16-33-25(28)26-14-17(2)3)21-12-19(30-4)9-10-24(21)31-5/h7-10,12-13,15-16,29H,2,6,11,14H2,1,3-5H3. The lowest BCUT2D eigenvalue weighted by atomic mass is 10.1. The van der Waals surface area contributed by atoms with Gasteiger partial charge >= 0.3 is 0 Å². The van der Waals surface area contributed by atoms with Crippen LogP contribution in [0.3, 0.4) is 0 Å². The topological polar surface area (TPSA) is 77.6 Å². The molecule has 174 valence electrons. The summed E-state index contributed by atoms with van der Waals surface area (Å²) in [5.41, 5.74) is 3.11. The Hall–Kier alpha value is -3.52. The van der Waals surface area contributed by atoms with Crippen molar-refractivity contribution in [3.8, 4) is 34.3 Å². The number of thiazole rings is 1. The molecule has 1 N–H and O–H groups in total. The summed E-state index contributed by atoms with van der Waals surface area (Å²) in [6.45, 7) is 8.97. The van der Waals surface area contributed by atoms with Crippen molar-refractivity contribution in [2.75, 3.05) is 27.4 Å². The van der Waals surface area contributed by atoms with E-state index in [0.717, 1.165) is 23.3 Å². The van der Waals surface area contributed by atoms with Gasteiger partial charge in [0.1, 0.15) is 23.0 Å². The molecule has 7 nitrogen and oxygen atoms in total. The SMILES string of the molecule is C=C(C)CN=c1scc(-c2cc(OC)ccc2OC)n1N=Cc1ccc(OCCC)cc1O. The van der Waals surface area contributed by atoms with Crippen LogP contribution >= 0.6 is 11.3 Å². The van der Waals surface area contributed by atoms with E-state index in [0.29, 0.717) is 40.8 Å². The second kappa shape index (κ2) is 11.4. The van der Waals surface area contributed by atoms with Crippen molar-refractivity contribution in [3.05, 3.63) is 64.3 Å². The van der Waals surface area contributed by atoms with Crippen molar-refractivity contribution in [2.24, 2.45) is 10.1 Å². The molecule has 3 aromatic rings. The zero-order valence-corrected chi connectivity index (χ0v) is 20.2. The van der Waals surface area contributed by atoms with Crippen LogP contribution in [-0.4, -0.2) is 43.4 Å². The number of hydrogen-bond donors (Lipinski definition) is 1. The van der Waals surface area contributed by atoms with Crippen molar-refractivity contribution in [1.29, 1.82) is 0 Å². The minimum atomic E-state index is 0.0871. The fourth-order valence-electron chi connectivity index (χ4n) is 2.98. The third-order valence-corrected chi connectivity index (χ3v) is 5.49. The molecule has 33 heavy (non-hydrogen) atoms. The summed E-state index contributed by atoms with van der Waals surface area (Å²) >= 11 is 1.46. The maximum absolute atomic E-state index is 10.5. The molecule has 0 saturated carbocycles. The summed E-state index contributed by atoms with van der Waals surface area (Å²) in [5.74, 6) is 2.09. The van der Waals surface area contributed by atoms with E-state index in [4.69, 9.17) is 14.2 Å². The first-order chi connectivity index (χ1) is 16.0. The molecule has 0 aliphatic heterocycles. The maximum Gasteiger partial charge on any atom is 0.206 e. The molecule has 1 aromatic heterocycles. The van der Waals surface area contributed by atoms with Crippen molar-refractivity contribution in [3.63, 3.8) is 0 Å². The Morgan fingerprint density at radius 2 is 1.94 bits per heavy atom. The van der Waals surface area contributed by atoms with Gasteiger partial charge in [-0.2, -0.15) is 5.10 Å². The molecule has 0 aliphatic carbocycles. The monoisotopic (exact) mass is 467 g/mol. The molecule has 1 heterocycles. The fraction of sp³-hybridized carbons (Fsp3) is 0.280. The van der Waals surface area contributed by atoms with Crippen LogP contribution < -0.4 is 19.0 Å². The third-order valence-electron chi connectivity index (χ3n) is 4.64. The average molecular weight is 468 g/mol. The van der Waals surface area contributed by atoms with E-state index < -0.39 is 0 Å². The first kappa shape index (κ1) is 24.1. The summed E-state index contributed by atoms with van der Waals surface area (Å²) < 4.78 is 18.3. The molecule has 0 fully saturated rings. The molecular formula is C25H29N3O4S. The van der Waals surface area contributed by atoms with Crippen LogP contribution in [0.4, 0.5) is 0 Å². The largest absolute Gasteiger partial charge is 0.507 e. The molecule has 0 saturated heterocycles. The minimum absolute atomic E-state index is 0.0871. The molecule has 0 amide bonds. The van der Waals surface area contributed by atoms with E-state index in [-0.39, 0.29) is 5.75 Å². The van der Waals surface area contributed by atoms with Crippen LogP contribution in [0.1, 0.15) is 25.8 Å². The van der Waals surface area contributed by atoms with E-state index >= 15 is 0 Å². The first-order valence-electron chi connectivity index (χ1n) is 10.5. The maximum atomic E-state index is 10.5. The highest BCUT2D eigenvalue weighted by atomic mass is 32.1. The van der Waals surface area contributed by atoms with Gasteiger partial charge in [-0.15, -0.1) is 11.3 Å². The van der Waals surface area contributed by atoms with Crippen LogP contribution in [-0.2, 0) is 0 Å². The van der Waals surface area contributed by atoms with Gasteiger partial charge in [-0.25, -0.2) is 4.68 Å². The van der Waals surface area contributed by atoms with Crippen LogP contribution in [0.15, 0.2) is 64.0 Å². The number of phenols is 1. The number of ether oxygens (including phenoxy) is 3. The van der Waals surface area contributed by atoms with Gasteiger partial charge in [-0.1, -0.05) is 19.1 Å². The van der Waals surface area contributed by atoms with Crippen molar-refractivity contribution >= 4 is 17.6 Å². The van der Waals surface area contributed by atoms with Gasteiger partial charge in [0.15, 0.2) is 0 Å². The highest BCUT2D eigenvalue weighted by Crippen LogP contribution is 2.34. The van der Waals surface area contributed by atoms with Gasteiger partial charge in [0, 0.05) is 22.6 Å². The molecular weight excluding hydrogens is 438 g/mol. The van der Waals surface area contributed by atoms with Gasteiger partial charge in [0.05, 0.1) is 39.3 Å². The summed E-state index contributed by atoms with van der Waals surface area (Å²) in [6, 6.07) is 10.8. The van der Waals surface area contributed by atoms with E-state index in [9.17, 15) is 5.11 Å². The summed E-state index contributed by atoms with van der Waals surface area (Å²) in [7, 11) is 3.24. The Balaban J connectivity index is 2.08. The fourth-order valence-corrected chi connectivity index (χ4v) is 3.81. The third kappa shape index (κ3) is 6.04. The normalized spacial score (nSPS) is 11.7. The number of hydrogen-bond acceptors (Lipinski definition) is 7. The van der Waals surface area contributed by atoms with Gasteiger partial charge in [0.2, 0.25) is 4.80 Å². The highest BCUT2D eigenvalue weighted by molar-refractivity contribution is 7.07. The van der Waals surface area contributed by atoms with Crippen LogP contribution in [0.25, 0.3) is 11.3 Å².